The SMILES string of the molecule is COCCN1CCN(c2cccc(C(F)(F)F)c2N)CC1. The number of ether oxygens (including phenoxy) is 1. The Morgan fingerprint density at radius 2 is 1.86 bits per heavy atom. The van der Waals surface area contributed by atoms with Crippen LogP contribution >= 0.6 is 0 Å². The maximum atomic E-state index is 12.9. The van der Waals surface area contributed by atoms with Gasteiger partial charge in [0.05, 0.1) is 23.5 Å². The van der Waals surface area contributed by atoms with Crippen LogP contribution in [-0.4, -0.2) is 51.3 Å². The molecule has 1 heterocycles. The summed E-state index contributed by atoms with van der Waals surface area (Å²) in [5.74, 6) is 0. The predicted octanol–water partition coefficient (Wildman–Crippen LogP) is 2.06. The fourth-order valence-electron chi connectivity index (χ4n) is 2.51. The summed E-state index contributed by atoms with van der Waals surface area (Å²) < 4.78 is 43.7. The van der Waals surface area contributed by atoms with Gasteiger partial charge in [0.1, 0.15) is 0 Å². The number of piperazine rings is 1. The molecule has 1 aliphatic heterocycles. The number of benzene rings is 1. The lowest BCUT2D eigenvalue weighted by molar-refractivity contribution is -0.136. The molecule has 1 aromatic carbocycles. The molecule has 7 heteroatoms. The quantitative estimate of drug-likeness (QED) is 0.865. The topological polar surface area (TPSA) is 41.7 Å². The molecule has 1 saturated heterocycles. The number of para-hydroxylation sites is 1. The number of nitrogens with two attached hydrogens (primary N) is 1. The summed E-state index contributed by atoms with van der Waals surface area (Å²) in [5, 5.41) is 0. The predicted molar refractivity (Wildman–Crippen MR) is 76.4 cm³/mol. The smallest absolute Gasteiger partial charge is 0.397 e. The molecule has 0 radical (unpaired) electrons. The van der Waals surface area contributed by atoms with Crippen LogP contribution in [0.2, 0.25) is 0 Å². The number of nitrogens with zero attached hydrogens (tertiary/aromatic N) is 2. The van der Waals surface area contributed by atoms with E-state index in [1.807, 2.05) is 4.90 Å². The second kappa shape index (κ2) is 6.53. The van der Waals surface area contributed by atoms with Crippen LogP contribution in [0.5, 0.6) is 0 Å². The highest BCUT2D eigenvalue weighted by atomic mass is 19.4. The van der Waals surface area contributed by atoms with Gasteiger partial charge < -0.3 is 15.4 Å². The molecule has 0 bridgehead atoms. The fraction of sp³-hybridized carbons (Fsp3) is 0.571. The van der Waals surface area contributed by atoms with Gasteiger partial charge in [-0.3, -0.25) is 4.90 Å². The summed E-state index contributed by atoms with van der Waals surface area (Å²) in [6.45, 7) is 4.40. The lowest BCUT2D eigenvalue weighted by Gasteiger charge is -2.36. The lowest BCUT2D eigenvalue weighted by Crippen LogP contribution is -2.47. The van der Waals surface area contributed by atoms with Crippen LogP contribution in [0.3, 0.4) is 0 Å². The monoisotopic (exact) mass is 303 g/mol. The molecule has 0 aromatic heterocycles. The Bertz CT molecular complexity index is 471. The van der Waals surface area contributed by atoms with Gasteiger partial charge in [0.15, 0.2) is 0 Å². The summed E-state index contributed by atoms with van der Waals surface area (Å²) in [7, 11) is 1.65. The second-order valence-electron chi connectivity index (χ2n) is 5.06. The van der Waals surface area contributed by atoms with Gasteiger partial charge in [-0.05, 0) is 12.1 Å². The number of nitrogen functional groups attached to an aromatic ring is 1. The molecule has 1 aliphatic rings. The summed E-state index contributed by atoms with van der Waals surface area (Å²) in [6, 6.07) is 4.08. The van der Waals surface area contributed by atoms with Crippen LogP contribution in [0.15, 0.2) is 18.2 Å². The maximum absolute atomic E-state index is 12.9. The van der Waals surface area contributed by atoms with E-state index in [0.717, 1.165) is 25.7 Å². The summed E-state index contributed by atoms with van der Waals surface area (Å²) >= 11 is 0. The van der Waals surface area contributed by atoms with Crippen LogP contribution in [-0.2, 0) is 10.9 Å². The van der Waals surface area contributed by atoms with E-state index in [1.165, 1.54) is 6.07 Å². The first-order valence-corrected chi connectivity index (χ1v) is 6.85. The molecule has 0 saturated carbocycles. The van der Waals surface area contributed by atoms with Gasteiger partial charge in [-0.2, -0.15) is 13.2 Å². The molecule has 0 amide bonds. The van der Waals surface area contributed by atoms with E-state index in [-0.39, 0.29) is 5.69 Å². The average molecular weight is 303 g/mol. The van der Waals surface area contributed by atoms with Crippen LogP contribution in [0, 0.1) is 0 Å². The first kappa shape index (κ1) is 15.9. The molecule has 118 valence electrons. The van der Waals surface area contributed by atoms with E-state index in [4.69, 9.17) is 10.5 Å². The second-order valence-corrected chi connectivity index (χ2v) is 5.06. The molecular formula is C14H20F3N3O. The van der Waals surface area contributed by atoms with Gasteiger partial charge in [0, 0.05) is 39.8 Å². The maximum Gasteiger partial charge on any atom is 0.418 e. The highest BCUT2D eigenvalue weighted by Crippen LogP contribution is 2.38. The lowest BCUT2D eigenvalue weighted by atomic mass is 10.1. The molecule has 21 heavy (non-hydrogen) atoms. The average Bonchev–Trinajstić information content (AvgIpc) is 2.45. The minimum Gasteiger partial charge on any atom is -0.397 e. The normalized spacial score (nSPS) is 17.2. The van der Waals surface area contributed by atoms with Gasteiger partial charge in [-0.25, -0.2) is 0 Å². The third-order valence-electron chi connectivity index (χ3n) is 3.71. The molecule has 4 nitrogen and oxygen atoms in total. The minimum atomic E-state index is -4.42. The van der Waals surface area contributed by atoms with E-state index in [2.05, 4.69) is 4.90 Å². The van der Waals surface area contributed by atoms with E-state index >= 15 is 0 Å². The summed E-state index contributed by atoms with van der Waals surface area (Å²) in [4.78, 5) is 4.14. The number of halogens is 3. The largest absolute Gasteiger partial charge is 0.418 e. The molecule has 1 fully saturated rings. The van der Waals surface area contributed by atoms with Crippen molar-refractivity contribution in [2.45, 2.75) is 6.18 Å². The van der Waals surface area contributed by atoms with Crippen molar-refractivity contribution in [2.24, 2.45) is 0 Å². The number of alkyl halides is 3. The first-order chi connectivity index (χ1) is 9.93. The number of anilines is 2. The number of methoxy groups -OCH3 is 1. The van der Waals surface area contributed by atoms with Gasteiger partial charge in [0.2, 0.25) is 0 Å². The van der Waals surface area contributed by atoms with E-state index in [9.17, 15) is 13.2 Å². The third kappa shape index (κ3) is 3.79. The van der Waals surface area contributed by atoms with Gasteiger partial charge in [-0.1, -0.05) is 6.07 Å². The van der Waals surface area contributed by atoms with Crippen molar-refractivity contribution in [1.29, 1.82) is 0 Å². The Hall–Kier alpha value is -1.47. The van der Waals surface area contributed by atoms with Crippen molar-refractivity contribution in [2.75, 3.05) is 57.1 Å². The number of rotatable bonds is 4. The Morgan fingerprint density at radius 1 is 1.19 bits per heavy atom. The Kier molecular flexibility index (Phi) is 4.95. The summed E-state index contributed by atoms with van der Waals surface area (Å²) in [6.07, 6.45) is -4.42. The Labute approximate surface area is 122 Å². The highest BCUT2D eigenvalue weighted by molar-refractivity contribution is 5.72. The Balaban J connectivity index is 2.07. The van der Waals surface area contributed by atoms with Crippen molar-refractivity contribution in [1.82, 2.24) is 4.90 Å². The molecule has 2 N–H and O–H groups in total. The fourth-order valence-corrected chi connectivity index (χ4v) is 2.51. The molecule has 0 atom stereocenters. The molecule has 0 unspecified atom stereocenters. The molecular weight excluding hydrogens is 283 g/mol. The van der Waals surface area contributed by atoms with Crippen molar-refractivity contribution in [3.63, 3.8) is 0 Å². The zero-order valence-electron chi connectivity index (χ0n) is 12.0. The molecule has 1 aromatic rings. The van der Waals surface area contributed by atoms with Crippen LogP contribution in [0.1, 0.15) is 5.56 Å². The van der Waals surface area contributed by atoms with Gasteiger partial charge in [-0.15, -0.1) is 0 Å². The van der Waals surface area contributed by atoms with Gasteiger partial charge >= 0.3 is 6.18 Å². The zero-order valence-corrected chi connectivity index (χ0v) is 12.0. The van der Waals surface area contributed by atoms with Crippen LogP contribution < -0.4 is 10.6 Å². The van der Waals surface area contributed by atoms with Crippen LogP contribution in [0.25, 0.3) is 0 Å². The number of hydrogen-bond donors (Lipinski definition) is 1. The van der Waals surface area contributed by atoms with Crippen LogP contribution in [0.4, 0.5) is 24.5 Å². The molecule has 0 spiro atoms. The first-order valence-electron chi connectivity index (χ1n) is 6.85. The van der Waals surface area contributed by atoms with E-state index in [1.54, 1.807) is 13.2 Å². The van der Waals surface area contributed by atoms with Crippen molar-refractivity contribution < 1.29 is 17.9 Å². The van der Waals surface area contributed by atoms with Crippen molar-refractivity contribution in [3.05, 3.63) is 23.8 Å². The minimum absolute atomic E-state index is 0.185. The van der Waals surface area contributed by atoms with E-state index < -0.39 is 11.7 Å². The van der Waals surface area contributed by atoms with Crippen molar-refractivity contribution >= 4 is 11.4 Å². The molecule has 0 aliphatic carbocycles. The zero-order chi connectivity index (χ0) is 15.5. The standard InChI is InChI=1S/C14H20F3N3O/c1-21-10-9-19-5-7-20(8-6-19)12-4-2-3-11(13(12)18)14(15,16)17/h2-4H,5-10,18H2,1H3. The third-order valence-corrected chi connectivity index (χ3v) is 3.71. The van der Waals surface area contributed by atoms with E-state index in [0.29, 0.717) is 25.4 Å². The molecule has 2 rings (SSSR count). The highest BCUT2D eigenvalue weighted by Gasteiger charge is 2.34. The van der Waals surface area contributed by atoms with Crippen molar-refractivity contribution in [3.8, 4) is 0 Å². The summed E-state index contributed by atoms with van der Waals surface area (Å²) in [5.41, 5.74) is 5.24. The number of hydrogen-bond acceptors (Lipinski definition) is 4. The van der Waals surface area contributed by atoms with Gasteiger partial charge in [0.25, 0.3) is 0 Å². The Morgan fingerprint density at radius 3 is 2.43 bits per heavy atom.